The molecule has 14 atom stereocenters. The molecule has 2 aliphatic heterocycles. The second kappa shape index (κ2) is 39.2. The van der Waals surface area contributed by atoms with Crippen LogP contribution in [0.25, 0.3) is 21.8 Å². The van der Waals surface area contributed by atoms with Gasteiger partial charge in [0.25, 0.3) is 0 Å². The zero-order valence-electron chi connectivity index (χ0n) is 58.2. The van der Waals surface area contributed by atoms with E-state index in [1.165, 1.54) is 12.4 Å². The summed E-state index contributed by atoms with van der Waals surface area (Å²) in [6.45, 7) is -0.806. The van der Waals surface area contributed by atoms with Gasteiger partial charge in [-0.1, -0.05) is 61.9 Å². The number of aliphatic carboxylic acids is 4. The summed E-state index contributed by atoms with van der Waals surface area (Å²) in [6, 6.07) is -5.12. The minimum absolute atomic E-state index is 0.247. The molecule has 43 nitrogen and oxygen atoms in total. The van der Waals surface area contributed by atoms with Crippen molar-refractivity contribution in [2.24, 2.45) is 60.8 Å². The number of aromatic hydroxyl groups is 1. The van der Waals surface area contributed by atoms with Crippen LogP contribution in [0.4, 0.5) is 0 Å². The van der Waals surface area contributed by atoms with Crippen LogP contribution in [-0.2, 0) is 60.2 Å². The molecule has 0 aliphatic carbocycles. The van der Waals surface area contributed by atoms with E-state index in [0.29, 0.717) is 34.6 Å². The normalized spacial score (nSPS) is 24.4. The van der Waals surface area contributed by atoms with Gasteiger partial charge in [-0.15, -0.1) is 0 Å². The number of aliphatic hydroxyl groups excluding tert-OH is 12. The van der Waals surface area contributed by atoms with Crippen LogP contribution in [0.15, 0.2) is 140 Å². The van der Waals surface area contributed by atoms with Crippen molar-refractivity contribution in [2.45, 2.75) is 156 Å². The molecule has 0 bridgehead atoms. The fourth-order valence-corrected chi connectivity index (χ4v) is 11.5. The molecular formula is C66H81N14O29P. The molecule has 0 spiro atoms. The Bertz CT molecular complexity index is 4510. The lowest BCUT2D eigenvalue weighted by atomic mass is 10.0. The van der Waals surface area contributed by atoms with Crippen LogP contribution >= 0.6 is 7.82 Å². The predicted molar refractivity (Wildman–Crippen MR) is 391 cm³/mol. The molecule has 2 aromatic heterocycles. The molecule has 4 heterocycles. The van der Waals surface area contributed by atoms with Gasteiger partial charge in [0.2, 0.25) is 64.9 Å². The van der Waals surface area contributed by atoms with Gasteiger partial charge in [-0.2, -0.15) is 0 Å². The fraction of sp³-hybridized carbons (Fsp3) is 0.424. The molecule has 0 radical (unpaired) electrons. The average molecular weight is 1570 g/mol. The number of nitrogens with two attached hydrogens (primary N) is 1. The van der Waals surface area contributed by atoms with E-state index in [1.807, 2.05) is 6.92 Å². The van der Waals surface area contributed by atoms with E-state index >= 15 is 4.79 Å². The number of nitrogens with one attached hydrogen (secondary N) is 2. The Kier molecular flexibility index (Phi) is 30.4. The van der Waals surface area contributed by atoms with Gasteiger partial charge in [0.05, 0.1) is 38.6 Å². The van der Waals surface area contributed by atoms with Gasteiger partial charge in [0.1, 0.15) is 54.7 Å². The summed E-state index contributed by atoms with van der Waals surface area (Å²) >= 11 is 0. The first-order valence-electron chi connectivity index (χ1n) is 33.2. The number of aromatic nitrogens is 2. The van der Waals surface area contributed by atoms with E-state index in [0.717, 1.165) is 31.2 Å². The number of hydrogen-bond donors (Lipinski definition) is 22. The van der Waals surface area contributed by atoms with Crippen LogP contribution in [0.3, 0.4) is 0 Å². The number of esters is 1. The van der Waals surface area contributed by atoms with Crippen molar-refractivity contribution in [2.75, 3.05) is 19.8 Å². The van der Waals surface area contributed by atoms with E-state index in [2.05, 4.69) is 69.7 Å². The number of phenolic OH excluding ortho intramolecular Hbond substituents is 1. The van der Waals surface area contributed by atoms with Crippen molar-refractivity contribution in [3.05, 3.63) is 102 Å². The van der Waals surface area contributed by atoms with Crippen molar-refractivity contribution >= 4 is 124 Å². The molecule has 23 N–H and O–H groups in total. The number of carboxylic acid groups (broad SMARTS) is 4. The number of rotatable bonds is 26. The third-order valence-corrected chi connectivity index (χ3v) is 16.9. The quantitative estimate of drug-likeness (QED) is 0.00932. The maximum Gasteiger partial charge on any atom is 0.470 e. The number of hydrogen-bond acceptors (Lipinski definition) is 24. The topological polar surface area (TPSA) is 721 Å². The molecule has 2 aliphatic rings. The number of aliphatic imine (C=N–C) groups is 11. The Morgan fingerprint density at radius 3 is 1.65 bits per heavy atom. The number of carboxylic acids is 4. The van der Waals surface area contributed by atoms with Crippen LogP contribution in [0.2, 0.25) is 0 Å². The van der Waals surface area contributed by atoms with Gasteiger partial charge >= 0.3 is 37.7 Å². The SMILES string of the molecule is CCCC1OC1C(O)=N[C@@H](CO)C(O)=N[C@@H]1C(O)=N[C@H](Cc2c[nH]c3ccccc23)C(O)=N[C@@H](CC(=O)O)C(O)=N[C@@H](CC(=O)O)C(O)=N[C@H](c2ccc(O)cc2)C(O)=N[C@@H](CC(=O)O)C(O)=NCC(O)=N[C@H]([C@@H](CON)OP(=O)(O)O)C(O)=N[C@@H](CCC(=O)O)C(O)=NC(Cc2c[nH]c3ccccc23)C(=O)O[C@@H]1C. The third kappa shape index (κ3) is 24.8. The molecule has 5 aromatic rings. The number of nitrogens with zero attached hydrogens (tertiary/aromatic N) is 11. The number of aromatic amines is 2. The van der Waals surface area contributed by atoms with E-state index in [4.69, 9.17) is 19.9 Å². The molecule has 1 saturated heterocycles. The number of para-hydroxylation sites is 2. The van der Waals surface area contributed by atoms with Gasteiger partial charge in [-0.25, -0.2) is 70.2 Å². The van der Waals surface area contributed by atoms with Crippen molar-refractivity contribution < 1.29 is 144 Å². The lowest BCUT2D eigenvalue weighted by Crippen LogP contribution is -2.41. The number of phosphoric acid groups is 1. The van der Waals surface area contributed by atoms with Gasteiger partial charge in [-0.05, 0) is 60.7 Å². The lowest BCUT2D eigenvalue weighted by molar-refractivity contribution is -0.150. The number of carbonyl (C=O) groups excluding carboxylic acids is 1. The second-order valence-electron chi connectivity index (χ2n) is 24.6. The standard InChI is InChI=1S/C66H81N14O29P/c1-3-8-45-55(108-45)65(101)77-44(27-81)61(97)79-52-29(2)107-66(102)43(20-32-25-69-37-12-7-5-10-35(32)37)76-57(93)38(17-18-48(84)85)71-64(100)54(46(28-106-67)109-110(103,104)105)78-47(83)26-70-56(92)40(21-49(86)87)75-63(99)53(30-13-15-33(82)16-14-30)80-60(96)42(23-51(90)91)73-59(95)41(22-50(88)89)72-58(94)39(74-62(52)98)19-31-24-68-36-11-6-4-9-34(31)36/h4-7,9-16,24-25,29,38-46,52-55,68-69,81-82H,3,8,17-23,26-28,67H2,1-2H3,(H,70,92)(H,71,100)(H,72,94)(H,73,95)(H,74,98)(H,75,99)(H,76,93)(H,77,101)(H,78,83)(H,79,97)(H,80,96)(H,84,85)(H,86,87)(H,88,89)(H,90,91)(H2,103,104,105)/t29-,38+,39-,40+,41+,42+,43?,44+,45?,46-,52+,53-,54-,55?/m1/s1. The predicted octanol–water partition coefficient (Wildman–Crippen LogP) is 3.88. The minimum atomic E-state index is -5.78. The monoisotopic (exact) mass is 1560 g/mol. The van der Waals surface area contributed by atoms with Crippen LogP contribution in [0.5, 0.6) is 5.75 Å². The average Bonchev–Trinajstić information content (AvgIpc) is 1.59. The van der Waals surface area contributed by atoms with E-state index in [-0.39, 0.29) is 16.7 Å². The summed E-state index contributed by atoms with van der Waals surface area (Å²) in [4.78, 5) is 139. The maximum atomic E-state index is 15.2. The lowest BCUT2D eigenvalue weighted by Gasteiger charge is -2.24. The number of fused-ring (bicyclic) bond motifs is 2. The van der Waals surface area contributed by atoms with Gasteiger partial charge in [0, 0.05) is 53.5 Å². The molecular weight excluding hydrogens is 1480 g/mol. The first-order chi connectivity index (χ1) is 52.1. The van der Waals surface area contributed by atoms with E-state index < -0.39 is 258 Å². The molecule has 3 aromatic carbocycles. The highest BCUT2D eigenvalue weighted by atomic mass is 31.2. The van der Waals surface area contributed by atoms with E-state index in [1.54, 1.807) is 48.5 Å². The molecule has 0 amide bonds. The van der Waals surface area contributed by atoms with Crippen LogP contribution in [0, 0.1) is 0 Å². The number of phenols is 1. The van der Waals surface area contributed by atoms with Crippen LogP contribution in [0.1, 0.15) is 81.5 Å². The second-order valence-corrected chi connectivity index (χ2v) is 25.8. The van der Waals surface area contributed by atoms with Crippen molar-refractivity contribution in [3.8, 4) is 5.75 Å². The number of carbonyl (C=O) groups is 5. The molecule has 594 valence electrons. The highest BCUT2D eigenvalue weighted by Gasteiger charge is 2.44. The summed E-state index contributed by atoms with van der Waals surface area (Å²) in [5, 5.41) is 192. The Labute approximate surface area is 620 Å². The zero-order valence-corrected chi connectivity index (χ0v) is 59.1. The van der Waals surface area contributed by atoms with Gasteiger partial charge in [0.15, 0.2) is 36.3 Å². The first-order valence-corrected chi connectivity index (χ1v) is 34.8. The van der Waals surface area contributed by atoms with Gasteiger partial charge < -0.3 is 121 Å². The third-order valence-electron chi connectivity index (χ3n) is 16.4. The highest BCUT2D eigenvalue weighted by molar-refractivity contribution is 7.46. The summed E-state index contributed by atoms with van der Waals surface area (Å²) in [5.74, 6) is -18.2. The number of ether oxygens (including phenoxy) is 2. The molecule has 3 unspecified atom stereocenters. The smallest absolute Gasteiger partial charge is 0.470 e. The number of aliphatic hydroxyl groups is 12. The van der Waals surface area contributed by atoms with Gasteiger partial charge in [-0.3, -0.25) is 23.7 Å². The van der Waals surface area contributed by atoms with Crippen LogP contribution < -0.4 is 5.90 Å². The molecule has 1 fully saturated rings. The Hall–Kier alpha value is -12.0. The Morgan fingerprint density at radius 1 is 0.618 bits per heavy atom. The highest BCUT2D eigenvalue weighted by Crippen LogP contribution is 2.39. The minimum Gasteiger partial charge on any atom is -0.508 e. The molecule has 110 heavy (non-hydrogen) atoms. The van der Waals surface area contributed by atoms with Crippen molar-refractivity contribution in [3.63, 3.8) is 0 Å². The Balaban J connectivity index is 1.55. The summed E-state index contributed by atoms with van der Waals surface area (Å²) in [7, 11) is -5.78. The van der Waals surface area contributed by atoms with Crippen molar-refractivity contribution in [1.82, 2.24) is 9.97 Å². The Morgan fingerprint density at radius 2 is 1.12 bits per heavy atom. The number of epoxide rings is 1. The summed E-state index contributed by atoms with van der Waals surface area (Å²) in [6.07, 6.45) is -9.09. The summed E-state index contributed by atoms with van der Waals surface area (Å²) < 4.78 is 28.7. The number of phosphoric ester groups is 1. The first kappa shape index (κ1) is 85.3. The number of H-pyrrole nitrogens is 2. The summed E-state index contributed by atoms with van der Waals surface area (Å²) in [5.41, 5.74) is 1.17. The largest absolute Gasteiger partial charge is 0.508 e. The maximum absolute atomic E-state index is 15.2. The number of cyclic esters (lactones) is 1. The zero-order chi connectivity index (χ0) is 80.8. The molecule has 0 saturated carbocycles. The molecule has 7 rings (SSSR count). The van der Waals surface area contributed by atoms with Crippen molar-refractivity contribution in [1.29, 1.82) is 0 Å². The van der Waals surface area contributed by atoms with Crippen LogP contribution in [-0.4, -0.2) is 300 Å². The fourth-order valence-electron chi connectivity index (χ4n) is 11.0. The molecule has 44 heteroatoms. The van der Waals surface area contributed by atoms with E-state index in [9.17, 15) is 120 Å². The number of benzene rings is 3.